The minimum Gasteiger partial charge on any atom is -0.497 e. The van der Waals surface area contributed by atoms with Gasteiger partial charge in [-0.15, -0.1) is 0 Å². The first-order valence-electron chi connectivity index (χ1n) is 25.2. The Morgan fingerprint density at radius 1 is 0.819 bits per heavy atom. The number of rotatable bonds is 24. The predicted octanol–water partition coefficient (Wildman–Crippen LogP) is 11.7. The molecular weight excluding hydrogens is 952 g/mol. The van der Waals surface area contributed by atoms with Crippen molar-refractivity contribution >= 4 is 33.3 Å². The third-order valence-corrected chi connectivity index (χ3v) is 16.1. The maximum Gasteiger partial charge on any atom is 0.338 e. The van der Waals surface area contributed by atoms with Crippen molar-refractivity contribution in [2.75, 3.05) is 59.1 Å². The van der Waals surface area contributed by atoms with Gasteiger partial charge in [0.25, 0.3) is 0 Å². The molecule has 0 amide bonds. The average Bonchev–Trinajstić information content (AvgIpc) is 3.54. The second kappa shape index (κ2) is 25.1. The van der Waals surface area contributed by atoms with E-state index in [0.29, 0.717) is 61.4 Å². The lowest BCUT2D eigenvalue weighted by molar-refractivity contribution is -0.0653. The Balaban J connectivity index is 1.10. The first-order chi connectivity index (χ1) is 34.6. The molecule has 5 aromatic rings. The first kappa shape index (κ1) is 54.5. The Bertz CT molecular complexity index is 2590. The highest BCUT2D eigenvalue weighted by Gasteiger charge is 2.40. The summed E-state index contributed by atoms with van der Waals surface area (Å²) >= 11 is 6.55. The van der Waals surface area contributed by atoms with Crippen molar-refractivity contribution in [3.05, 3.63) is 148 Å². The van der Waals surface area contributed by atoms with Crippen LogP contribution in [0.3, 0.4) is 0 Å². The molecule has 0 spiro atoms. The van der Waals surface area contributed by atoms with Crippen molar-refractivity contribution in [3.8, 4) is 23.0 Å². The van der Waals surface area contributed by atoms with Gasteiger partial charge in [0.15, 0.2) is 0 Å². The van der Waals surface area contributed by atoms with E-state index >= 15 is 0 Å². The quantitative estimate of drug-likeness (QED) is 0.0434. The van der Waals surface area contributed by atoms with E-state index in [0.717, 1.165) is 59.6 Å². The molecule has 72 heavy (non-hydrogen) atoms. The van der Waals surface area contributed by atoms with Crippen LogP contribution in [0.25, 0.3) is 0 Å². The number of halogens is 1. The van der Waals surface area contributed by atoms with Crippen molar-refractivity contribution in [3.63, 3.8) is 0 Å². The number of esters is 1. The number of hydrogen-bond acceptors (Lipinski definition) is 11. The summed E-state index contributed by atoms with van der Waals surface area (Å²) < 4.78 is 72.2. The van der Waals surface area contributed by atoms with Gasteiger partial charge in [-0.1, -0.05) is 67.4 Å². The van der Waals surface area contributed by atoms with Crippen LogP contribution in [-0.4, -0.2) is 89.9 Å². The van der Waals surface area contributed by atoms with E-state index in [4.69, 9.17) is 44.8 Å². The largest absolute Gasteiger partial charge is 0.497 e. The minimum atomic E-state index is -3.84. The summed E-state index contributed by atoms with van der Waals surface area (Å²) in [6.07, 6.45) is 4.23. The average molecular weight is 1030 g/mol. The van der Waals surface area contributed by atoms with Gasteiger partial charge in [-0.25, -0.2) is 13.2 Å². The number of sulfonamides is 1. The second-order valence-corrected chi connectivity index (χ2v) is 22.9. The summed E-state index contributed by atoms with van der Waals surface area (Å²) in [7, 11) is 1.02. The molecule has 0 N–H and O–H groups in total. The van der Waals surface area contributed by atoms with E-state index in [1.54, 1.807) is 34.3 Å². The van der Waals surface area contributed by atoms with Gasteiger partial charge in [-0.3, -0.25) is 0 Å². The molecule has 0 radical (unpaired) electrons. The van der Waals surface area contributed by atoms with Gasteiger partial charge in [0.1, 0.15) is 28.6 Å². The molecule has 0 bridgehead atoms. The molecule has 7 rings (SSSR count). The Morgan fingerprint density at radius 3 is 1.99 bits per heavy atom. The van der Waals surface area contributed by atoms with Gasteiger partial charge in [-0.2, -0.15) is 4.31 Å². The minimum absolute atomic E-state index is 0.0139. The zero-order valence-corrected chi connectivity index (χ0v) is 44.8. The molecule has 1 heterocycles. The Morgan fingerprint density at radius 2 is 1.43 bits per heavy atom. The number of methoxy groups -OCH3 is 3. The number of nitrogens with zero attached hydrogens (tertiary/aromatic N) is 2. The Labute approximate surface area is 432 Å². The highest BCUT2D eigenvalue weighted by Crippen LogP contribution is 2.44. The van der Waals surface area contributed by atoms with E-state index in [1.165, 1.54) is 15.4 Å². The molecule has 5 aromatic carbocycles. The van der Waals surface area contributed by atoms with Crippen LogP contribution in [0, 0.1) is 11.8 Å². The summed E-state index contributed by atoms with van der Waals surface area (Å²) in [6, 6.07) is 34.6. The highest BCUT2D eigenvalue weighted by atomic mass is 35.5. The molecule has 1 aliphatic heterocycles. The number of fused-ring (bicyclic) bond motifs is 1. The van der Waals surface area contributed by atoms with Crippen molar-refractivity contribution < 1.29 is 46.4 Å². The number of aryl methyl sites for hydroxylation is 1. The van der Waals surface area contributed by atoms with Gasteiger partial charge in [0.05, 0.1) is 63.8 Å². The molecule has 388 valence electrons. The van der Waals surface area contributed by atoms with Gasteiger partial charge in [-0.05, 0) is 160 Å². The summed E-state index contributed by atoms with van der Waals surface area (Å²) in [4.78, 5) is 15.9. The van der Waals surface area contributed by atoms with Crippen LogP contribution in [0.5, 0.6) is 23.0 Å². The zero-order chi connectivity index (χ0) is 51.4. The van der Waals surface area contributed by atoms with Gasteiger partial charge in [0, 0.05) is 43.7 Å². The lowest BCUT2D eigenvalue weighted by atomic mass is 9.69. The second-order valence-electron chi connectivity index (χ2n) is 20.1. The zero-order valence-electron chi connectivity index (χ0n) is 43.2. The third-order valence-electron chi connectivity index (χ3n) is 13.7. The number of benzene rings is 5. The van der Waals surface area contributed by atoms with Crippen molar-refractivity contribution in [1.82, 2.24) is 4.31 Å². The van der Waals surface area contributed by atoms with Crippen LogP contribution in [0.15, 0.2) is 109 Å². The standard InChI is InChI=1S/C58H73ClN2O10S/c1-9-10-44-31-48(59)19-27-52(44)47-36-60(54-32-45(18-28-56(54)70-39-47)57(62)71-58(3,4)5)35-46-17-26-53(46)55(69-38-43-15-24-51(67-8)25-16-43)29-30-68-37-40(2)72(63,64)61(33-41-11-20-49(65-6)21-12-41)34-42-13-22-50(66-7)23-14-42/h11-16,18-25,27-28,31-32,40,46-47,53,55H,9-10,17,26,29-30,33-39H2,1-8H3/t40-,46+,47+,53-,55+/m1/s1. The SMILES string of the molecule is CCCc1cc(Cl)ccc1[C@@H]1COc2ccc(C(=O)OC(C)(C)C)cc2N(C[C@@H]2CC[C@H]2[C@H](CCOC[C@@H](C)S(=O)(=O)N(Cc2ccc(OC)cc2)Cc2ccc(OC)cc2)OCc2ccc(OC)cc2)C1. The Hall–Kier alpha value is -5.31. The maximum absolute atomic E-state index is 14.4. The van der Waals surface area contributed by atoms with E-state index in [-0.39, 0.29) is 49.5 Å². The Kier molecular flexibility index (Phi) is 19.0. The lowest BCUT2D eigenvalue weighted by Crippen LogP contribution is -2.45. The van der Waals surface area contributed by atoms with Crippen molar-refractivity contribution in [2.45, 2.75) is 109 Å². The fraction of sp³-hybridized carbons (Fsp3) is 0.466. The van der Waals surface area contributed by atoms with Crippen LogP contribution in [0.4, 0.5) is 5.69 Å². The smallest absolute Gasteiger partial charge is 0.338 e. The molecule has 14 heteroatoms. The summed E-state index contributed by atoms with van der Waals surface area (Å²) in [5.74, 6) is 2.98. The molecule has 5 atom stereocenters. The number of carbonyl (C=O) groups excluding carboxylic acids is 1. The predicted molar refractivity (Wildman–Crippen MR) is 284 cm³/mol. The molecule has 1 saturated carbocycles. The number of anilines is 1. The normalized spacial score (nSPS) is 17.8. The van der Waals surface area contributed by atoms with Gasteiger partial charge < -0.3 is 38.1 Å². The fourth-order valence-corrected chi connectivity index (χ4v) is 11.2. The molecule has 0 unspecified atom stereocenters. The summed E-state index contributed by atoms with van der Waals surface area (Å²) in [5.41, 5.74) is 5.82. The molecule has 12 nitrogen and oxygen atoms in total. The highest BCUT2D eigenvalue weighted by molar-refractivity contribution is 7.89. The fourth-order valence-electron chi connectivity index (χ4n) is 9.61. The van der Waals surface area contributed by atoms with E-state index in [1.807, 2.05) is 112 Å². The third kappa shape index (κ3) is 14.5. The van der Waals surface area contributed by atoms with E-state index in [2.05, 4.69) is 24.0 Å². The lowest BCUT2D eigenvalue weighted by Gasteiger charge is -2.44. The van der Waals surface area contributed by atoms with E-state index in [9.17, 15) is 13.2 Å². The molecule has 2 aliphatic rings. The van der Waals surface area contributed by atoms with Crippen LogP contribution in [-0.2, 0) is 50.4 Å². The summed E-state index contributed by atoms with van der Waals surface area (Å²) in [5, 5.41) is -0.111. The van der Waals surface area contributed by atoms with Crippen molar-refractivity contribution in [1.29, 1.82) is 0 Å². The molecule has 0 aromatic heterocycles. The number of carbonyl (C=O) groups is 1. The maximum atomic E-state index is 14.4. The number of hydrogen-bond donors (Lipinski definition) is 0. The van der Waals surface area contributed by atoms with Crippen LogP contribution >= 0.6 is 11.6 Å². The van der Waals surface area contributed by atoms with Crippen LogP contribution < -0.4 is 23.8 Å². The molecule has 1 aliphatic carbocycles. The summed E-state index contributed by atoms with van der Waals surface area (Å²) in [6.45, 7) is 12.4. The first-order valence-corrected chi connectivity index (χ1v) is 27.1. The monoisotopic (exact) mass is 1020 g/mol. The molecule has 1 fully saturated rings. The molecular formula is C58H73ClN2O10S. The molecule has 0 saturated heterocycles. The van der Waals surface area contributed by atoms with Crippen LogP contribution in [0.1, 0.15) is 104 Å². The van der Waals surface area contributed by atoms with E-state index < -0.39 is 20.9 Å². The van der Waals surface area contributed by atoms with Crippen LogP contribution in [0.2, 0.25) is 5.02 Å². The van der Waals surface area contributed by atoms with Crippen molar-refractivity contribution in [2.24, 2.45) is 11.8 Å². The topological polar surface area (TPSA) is 122 Å². The van der Waals surface area contributed by atoms with Gasteiger partial charge in [0.2, 0.25) is 10.0 Å². The van der Waals surface area contributed by atoms with Gasteiger partial charge >= 0.3 is 5.97 Å². The number of ether oxygens (including phenoxy) is 7.